The highest BCUT2D eigenvalue weighted by Crippen LogP contribution is 2.19. The van der Waals surface area contributed by atoms with E-state index in [1.165, 1.54) is 4.88 Å². The lowest BCUT2D eigenvalue weighted by Gasteiger charge is -2.35. The maximum Gasteiger partial charge on any atom is 0.254 e. The summed E-state index contributed by atoms with van der Waals surface area (Å²) in [4.78, 5) is 34.9. The molecule has 3 heterocycles. The minimum atomic E-state index is -0.0322. The number of rotatable bonds is 7. The van der Waals surface area contributed by atoms with Crippen LogP contribution in [0.15, 0.2) is 60.1 Å². The van der Waals surface area contributed by atoms with E-state index in [4.69, 9.17) is 11.6 Å². The average molecular weight is 469 g/mol. The van der Waals surface area contributed by atoms with Crippen molar-refractivity contribution in [2.75, 3.05) is 36.4 Å². The van der Waals surface area contributed by atoms with E-state index in [-0.39, 0.29) is 11.8 Å². The van der Waals surface area contributed by atoms with Gasteiger partial charge in [0.15, 0.2) is 0 Å². The van der Waals surface area contributed by atoms with Gasteiger partial charge in [-0.15, -0.1) is 11.3 Å². The van der Waals surface area contributed by atoms with Crippen molar-refractivity contribution in [1.29, 1.82) is 0 Å². The van der Waals surface area contributed by atoms with Crippen molar-refractivity contribution in [2.45, 2.75) is 19.3 Å². The topological polar surface area (TPSA) is 65.5 Å². The molecule has 2 amide bonds. The molecule has 166 valence electrons. The first-order valence-electron chi connectivity index (χ1n) is 10.7. The van der Waals surface area contributed by atoms with Crippen LogP contribution in [0.4, 0.5) is 11.5 Å². The first kappa shape index (κ1) is 22.3. The molecule has 1 fully saturated rings. The number of hydrogen-bond donors (Lipinski definition) is 1. The average Bonchev–Trinajstić information content (AvgIpc) is 3.33. The van der Waals surface area contributed by atoms with Crippen molar-refractivity contribution >= 4 is 46.3 Å². The van der Waals surface area contributed by atoms with E-state index in [0.717, 1.165) is 18.7 Å². The van der Waals surface area contributed by atoms with E-state index in [2.05, 4.69) is 21.3 Å². The molecule has 1 N–H and O–H groups in total. The van der Waals surface area contributed by atoms with Crippen LogP contribution in [0.25, 0.3) is 0 Å². The number of aromatic nitrogens is 1. The molecule has 0 atom stereocenters. The number of amides is 2. The Morgan fingerprint density at radius 2 is 1.91 bits per heavy atom. The Labute approximate surface area is 196 Å². The van der Waals surface area contributed by atoms with Gasteiger partial charge >= 0.3 is 0 Å². The number of thiophene rings is 1. The van der Waals surface area contributed by atoms with E-state index < -0.39 is 0 Å². The van der Waals surface area contributed by atoms with Crippen molar-refractivity contribution < 1.29 is 9.59 Å². The van der Waals surface area contributed by atoms with E-state index in [1.54, 1.807) is 29.7 Å². The minimum Gasteiger partial charge on any atom is -0.353 e. The number of nitrogens with one attached hydrogen (secondary N) is 1. The van der Waals surface area contributed by atoms with E-state index in [9.17, 15) is 9.59 Å². The molecule has 0 saturated carbocycles. The Kier molecular flexibility index (Phi) is 7.39. The van der Waals surface area contributed by atoms with Gasteiger partial charge in [-0.3, -0.25) is 9.59 Å². The molecule has 0 unspecified atom stereocenters. The van der Waals surface area contributed by atoms with Crippen LogP contribution in [0.5, 0.6) is 0 Å². The summed E-state index contributed by atoms with van der Waals surface area (Å²) < 4.78 is 0. The molecule has 1 aliphatic heterocycles. The normalized spacial score (nSPS) is 13.8. The van der Waals surface area contributed by atoms with Crippen LogP contribution in [0, 0.1) is 0 Å². The van der Waals surface area contributed by atoms with Crippen LogP contribution in [-0.2, 0) is 11.2 Å². The lowest BCUT2D eigenvalue weighted by atomic mass is 10.1. The lowest BCUT2D eigenvalue weighted by molar-refractivity contribution is -0.116. The molecule has 0 aliphatic carbocycles. The van der Waals surface area contributed by atoms with Gasteiger partial charge in [0.05, 0.1) is 5.02 Å². The van der Waals surface area contributed by atoms with Crippen molar-refractivity contribution in [3.63, 3.8) is 0 Å². The summed E-state index contributed by atoms with van der Waals surface area (Å²) in [5.41, 5.74) is 1.24. The molecule has 0 spiro atoms. The quantitative estimate of drug-likeness (QED) is 0.545. The number of carbonyl (C=O) groups is 2. The Balaban J connectivity index is 1.28. The molecule has 3 aromatic rings. The predicted molar refractivity (Wildman–Crippen MR) is 130 cm³/mol. The Bertz CT molecular complexity index is 1050. The largest absolute Gasteiger partial charge is 0.353 e. The molecule has 8 heteroatoms. The van der Waals surface area contributed by atoms with Gasteiger partial charge in [0, 0.05) is 54.9 Å². The monoisotopic (exact) mass is 468 g/mol. The second-order valence-electron chi connectivity index (χ2n) is 7.68. The van der Waals surface area contributed by atoms with Crippen LogP contribution < -0.4 is 10.2 Å². The van der Waals surface area contributed by atoms with Crippen molar-refractivity contribution in [3.8, 4) is 0 Å². The highest BCUT2D eigenvalue weighted by Gasteiger charge is 2.23. The number of halogens is 1. The van der Waals surface area contributed by atoms with Gasteiger partial charge in [-0.25, -0.2) is 4.98 Å². The fraction of sp³-hybridized carbons (Fsp3) is 0.292. The molecule has 1 aromatic carbocycles. The minimum absolute atomic E-state index is 0.0255. The zero-order valence-corrected chi connectivity index (χ0v) is 19.2. The fourth-order valence-electron chi connectivity index (χ4n) is 3.71. The highest BCUT2D eigenvalue weighted by atomic mass is 35.5. The van der Waals surface area contributed by atoms with E-state index >= 15 is 0 Å². The molecule has 2 aromatic heterocycles. The SMILES string of the molecule is O=C(CCCc1cccs1)Nc1cccc(C(=O)N2CCN(c3ccc(Cl)cn3)CC2)c1. The number of benzene rings is 1. The Morgan fingerprint density at radius 3 is 2.62 bits per heavy atom. The number of piperazine rings is 1. The maximum absolute atomic E-state index is 13.0. The number of aryl methyl sites for hydroxylation is 1. The second-order valence-corrected chi connectivity index (χ2v) is 9.14. The van der Waals surface area contributed by atoms with Gasteiger partial charge in [0.25, 0.3) is 5.91 Å². The summed E-state index contributed by atoms with van der Waals surface area (Å²) in [6, 6.07) is 15.0. The first-order chi connectivity index (χ1) is 15.6. The van der Waals surface area contributed by atoms with Crippen LogP contribution in [0.1, 0.15) is 28.1 Å². The summed E-state index contributed by atoms with van der Waals surface area (Å²) in [5.74, 6) is 0.808. The van der Waals surface area contributed by atoms with Gasteiger partial charge in [-0.05, 0) is 54.6 Å². The molecular formula is C24H25ClN4O2S. The molecule has 1 aliphatic rings. The number of nitrogens with zero attached hydrogens (tertiary/aromatic N) is 3. The molecule has 32 heavy (non-hydrogen) atoms. The summed E-state index contributed by atoms with van der Waals surface area (Å²) in [5, 5.41) is 5.58. The number of hydrogen-bond acceptors (Lipinski definition) is 5. The van der Waals surface area contributed by atoms with Crippen LogP contribution in [0.2, 0.25) is 5.02 Å². The van der Waals surface area contributed by atoms with Crippen molar-refractivity contribution in [1.82, 2.24) is 9.88 Å². The molecule has 6 nitrogen and oxygen atoms in total. The molecule has 0 radical (unpaired) electrons. The third-order valence-electron chi connectivity index (χ3n) is 5.40. The summed E-state index contributed by atoms with van der Waals surface area (Å²) in [6.45, 7) is 2.65. The standard InChI is InChI=1S/C24H25ClN4O2S/c25-19-9-10-22(26-17-19)28-11-13-29(14-12-28)24(31)18-4-1-5-20(16-18)27-23(30)8-2-6-21-7-3-15-32-21/h1,3-5,7,9-10,15-17H,2,6,8,11-14H2,(H,27,30). The first-order valence-corrected chi connectivity index (χ1v) is 11.9. The van der Waals surface area contributed by atoms with Crippen LogP contribution in [-0.4, -0.2) is 47.9 Å². The summed E-state index contributed by atoms with van der Waals surface area (Å²) in [7, 11) is 0. The van der Waals surface area contributed by atoms with Gasteiger partial charge in [-0.1, -0.05) is 23.7 Å². The highest BCUT2D eigenvalue weighted by molar-refractivity contribution is 7.09. The zero-order chi connectivity index (χ0) is 22.3. The fourth-order valence-corrected chi connectivity index (χ4v) is 4.57. The van der Waals surface area contributed by atoms with Gasteiger partial charge < -0.3 is 15.1 Å². The van der Waals surface area contributed by atoms with E-state index in [1.807, 2.05) is 40.6 Å². The van der Waals surface area contributed by atoms with Gasteiger partial charge in [-0.2, -0.15) is 0 Å². The van der Waals surface area contributed by atoms with Crippen molar-refractivity contribution in [2.24, 2.45) is 0 Å². The Hall–Kier alpha value is -2.90. The molecule has 0 bridgehead atoms. The van der Waals surface area contributed by atoms with Crippen molar-refractivity contribution in [3.05, 3.63) is 75.6 Å². The predicted octanol–water partition coefficient (Wildman–Crippen LogP) is 4.72. The number of anilines is 2. The second kappa shape index (κ2) is 10.6. The van der Waals surface area contributed by atoms with E-state index in [0.29, 0.717) is 48.9 Å². The summed E-state index contributed by atoms with van der Waals surface area (Å²) >= 11 is 7.62. The maximum atomic E-state index is 13.0. The third-order valence-corrected chi connectivity index (χ3v) is 6.56. The summed E-state index contributed by atoms with van der Waals surface area (Å²) in [6.07, 6.45) is 3.80. The van der Waals surface area contributed by atoms with Gasteiger partial charge in [0.2, 0.25) is 5.91 Å². The van der Waals surface area contributed by atoms with Crippen LogP contribution >= 0.6 is 22.9 Å². The zero-order valence-electron chi connectivity index (χ0n) is 17.7. The smallest absolute Gasteiger partial charge is 0.254 e. The third kappa shape index (κ3) is 5.87. The molecular weight excluding hydrogens is 444 g/mol. The lowest BCUT2D eigenvalue weighted by Crippen LogP contribution is -2.49. The molecule has 1 saturated heterocycles. The Morgan fingerprint density at radius 1 is 1.06 bits per heavy atom. The number of carbonyl (C=O) groups excluding carboxylic acids is 2. The molecule has 4 rings (SSSR count). The van der Waals surface area contributed by atoms with Crippen LogP contribution in [0.3, 0.4) is 0 Å². The van der Waals surface area contributed by atoms with Gasteiger partial charge in [0.1, 0.15) is 5.82 Å². The number of pyridine rings is 1.